The van der Waals surface area contributed by atoms with Crippen LogP contribution in [-0.2, 0) is 41.5 Å². The zero-order valence-corrected chi connectivity index (χ0v) is 45.4. The first-order valence-electron chi connectivity index (χ1n) is 27.2. The molecule has 6 rings (SSSR count). The molecule has 0 aliphatic rings. The molecule has 0 aliphatic carbocycles. The van der Waals surface area contributed by atoms with Crippen LogP contribution in [0.15, 0.2) is 158 Å². The molecule has 0 fully saturated rings. The van der Waals surface area contributed by atoms with Gasteiger partial charge in [-0.3, -0.25) is 9.59 Å². The van der Waals surface area contributed by atoms with Crippen molar-refractivity contribution in [1.82, 2.24) is 0 Å². The summed E-state index contributed by atoms with van der Waals surface area (Å²) in [4.78, 5) is 53.8. The summed E-state index contributed by atoms with van der Waals surface area (Å²) in [6.45, 7) is 6.38. The number of ether oxygens (including phenoxy) is 8. The molecule has 0 atom stereocenters. The van der Waals surface area contributed by atoms with E-state index in [2.05, 4.69) is 13.8 Å². The third-order valence-electron chi connectivity index (χ3n) is 12.5. The first-order chi connectivity index (χ1) is 38.5. The van der Waals surface area contributed by atoms with Crippen LogP contribution in [0.4, 0.5) is 11.4 Å². The first kappa shape index (κ1) is 59.7. The Morgan fingerprint density at radius 1 is 0.380 bits per heavy atom. The molecule has 0 spiro atoms. The van der Waals surface area contributed by atoms with Crippen molar-refractivity contribution in [3.05, 3.63) is 180 Å². The zero-order chi connectivity index (χ0) is 55.9. The molecule has 0 aliphatic heterocycles. The number of nitrogen functional groups attached to an aromatic ring is 2. The molecule has 0 aromatic heterocycles. The number of unbranched alkanes of at least 4 members (excludes halogenated alkanes) is 6. The highest BCUT2D eigenvalue weighted by atomic mass is 16.6. The standard InChI is InChI=1S/C65H74N2O12/c1-3-5-7-41-72-57-31-35-59(36-32-57)78-61(68)39-21-49-17-27-55(28-18-49)74-43-9-11-45-76-63(70)65(47-51-13-23-53(66)24-14-51,48-52-15-25-54(67)26-16-52)64(71)77-46-12-10-44-75-56-29-19-50(20-30-56)22-40-62(69)79-60-37-33-58(34-38-60)73-42-8-6-4-2/h13-40H,3-12,41-48,66-67H2,1-2H3/b39-21+,40-22+. The van der Waals surface area contributed by atoms with Crippen LogP contribution in [0.25, 0.3) is 12.2 Å². The van der Waals surface area contributed by atoms with Crippen molar-refractivity contribution >= 4 is 47.4 Å². The predicted octanol–water partition coefficient (Wildman–Crippen LogP) is 12.8. The second-order valence-electron chi connectivity index (χ2n) is 19.0. The van der Waals surface area contributed by atoms with Gasteiger partial charge in [0.25, 0.3) is 0 Å². The van der Waals surface area contributed by atoms with Crippen molar-refractivity contribution < 1.29 is 57.1 Å². The van der Waals surface area contributed by atoms with Gasteiger partial charge in [0.05, 0.1) is 39.6 Å². The number of benzene rings is 6. The maximum absolute atomic E-state index is 14.4. The Bertz CT molecular complexity index is 2630. The molecule has 14 nitrogen and oxygen atoms in total. The van der Waals surface area contributed by atoms with Gasteiger partial charge in [0.1, 0.15) is 34.5 Å². The minimum atomic E-state index is -1.73. The smallest absolute Gasteiger partial charge is 0.336 e. The molecule has 0 bridgehead atoms. The second-order valence-corrected chi connectivity index (χ2v) is 19.0. The summed E-state index contributed by atoms with van der Waals surface area (Å²) >= 11 is 0. The van der Waals surface area contributed by atoms with E-state index < -0.39 is 29.3 Å². The Hall–Kier alpha value is -8.52. The lowest BCUT2D eigenvalue weighted by Crippen LogP contribution is -2.46. The second kappa shape index (κ2) is 32.9. The zero-order valence-electron chi connectivity index (χ0n) is 45.4. The first-order valence-corrected chi connectivity index (χ1v) is 27.2. The molecular weight excluding hydrogens is 1000 g/mol. The number of hydrogen-bond donors (Lipinski definition) is 2. The van der Waals surface area contributed by atoms with Crippen molar-refractivity contribution in [3.63, 3.8) is 0 Å². The maximum Gasteiger partial charge on any atom is 0.336 e. The van der Waals surface area contributed by atoms with E-state index in [1.807, 2.05) is 24.3 Å². The molecule has 416 valence electrons. The van der Waals surface area contributed by atoms with E-state index in [-0.39, 0.29) is 26.1 Å². The van der Waals surface area contributed by atoms with Crippen molar-refractivity contribution in [2.75, 3.05) is 51.1 Å². The molecule has 6 aromatic rings. The van der Waals surface area contributed by atoms with Gasteiger partial charge in [0.15, 0.2) is 5.41 Å². The summed E-state index contributed by atoms with van der Waals surface area (Å²) in [6.07, 6.45) is 14.6. The Kier molecular flexibility index (Phi) is 24.9. The van der Waals surface area contributed by atoms with E-state index in [0.29, 0.717) is 97.6 Å². The highest BCUT2D eigenvalue weighted by Gasteiger charge is 2.49. The minimum Gasteiger partial charge on any atom is -0.494 e. The molecule has 0 radical (unpaired) electrons. The van der Waals surface area contributed by atoms with Crippen LogP contribution >= 0.6 is 0 Å². The van der Waals surface area contributed by atoms with Crippen LogP contribution in [0.5, 0.6) is 34.5 Å². The molecule has 0 heterocycles. The van der Waals surface area contributed by atoms with E-state index in [1.165, 1.54) is 12.2 Å². The van der Waals surface area contributed by atoms with Gasteiger partial charge in [-0.25, -0.2) is 9.59 Å². The van der Waals surface area contributed by atoms with Crippen LogP contribution in [0.1, 0.15) is 100 Å². The summed E-state index contributed by atoms with van der Waals surface area (Å²) in [5, 5.41) is 0. The van der Waals surface area contributed by atoms with E-state index >= 15 is 0 Å². The summed E-state index contributed by atoms with van der Waals surface area (Å²) in [5.41, 5.74) is 14.4. The summed E-state index contributed by atoms with van der Waals surface area (Å²) in [6, 6.07) is 42.6. The molecule has 4 N–H and O–H groups in total. The molecule has 0 amide bonds. The lowest BCUT2D eigenvalue weighted by atomic mass is 9.76. The number of nitrogens with two attached hydrogens (primary N) is 2. The van der Waals surface area contributed by atoms with Gasteiger partial charge in [-0.2, -0.15) is 0 Å². The summed E-state index contributed by atoms with van der Waals surface area (Å²) in [7, 11) is 0. The van der Waals surface area contributed by atoms with Crippen LogP contribution in [0, 0.1) is 5.41 Å². The quantitative estimate of drug-likeness (QED) is 0.00967. The molecule has 0 saturated heterocycles. The average molecular weight is 1080 g/mol. The largest absolute Gasteiger partial charge is 0.494 e. The lowest BCUT2D eigenvalue weighted by Gasteiger charge is -2.30. The highest BCUT2D eigenvalue weighted by Crippen LogP contribution is 2.33. The number of anilines is 2. The molecular formula is C65H74N2O12. The predicted molar refractivity (Wildman–Crippen MR) is 308 cm³/mol. The van der Waals surface area contributed by atoms with Crippen molar-refractivity contribution in [3.8, 4) is 34.5 Å². The van der Waals surface area contributed by atoms with Gasteiger partial charge in [-0.15, -0.1) is 0 Å². The topological polar surface area (TPSA) is 194 Å². The SMILES string of the molecule is CCCCCOc1ccc(OC(=O)/C=C/c2ccc(OCCCCOC(=O)C(Cc3ccc(N)cc3)(Cc3ccc(N)cc3)C(=O)OCCCCOc3ccc(/C=C/C(=O)Oc4ccc(OCCCCC)cc4)cc3)cc2)cc1. The van der Waals surface area contributed by atoms with Crippen molar-refractivity contribution in [2.45, 2.75) is 90.9 Å². The van der Waals surface area contributed by atoms with Crippen LogP contribution < -0.4 is 39.9 Å². The fourth-order valence-corrected chi connectivity index (χ4v) is 8.07. The number of carbonyl (C=O) groups is 4. The Balaban J connectivity index is 0.952. The van der Waals surface area contributed by atoms with Crippen LogP contribution in [0.3, 0.4) is 0 Å². The fourth-order valence-electron chi connectivity index (χ4n) is 8.07. The van der Waals surface area contributed by atoms with Gasteiger partial charge in [-0.05, 0) is 183 Å². The van der Waals surface area contributed by atoms with Gasteiger partial charge in [-0.1, -0.05) is 88.1 Å². The fraction of sp³-hybridized carbons (Fsp3) is 0.323. The maximum atomic E-state index is 14.4. The van der Waals surface area contributed by atoms with E-state index in [1.54, 1.807) is 133 Å². The van der Waals surface area contributed by atoms with Crippen molar-refractivity contribution in [2.24, 2.45) is 5.41 Å². The third-order valence-corrected chi connectivity index (χ3v) is 12.5. The normalized spacial score (nSPS) is 11.3. The van der Waals surface area contributed by atoms with E-state index in [9.17, 15) is 19.2 Å². The van der Waals surface area contributed by atoms with Gasteiger partial charge in [0.2, 0.25) is 0 Å². The monoisotopic (exact) mass is 1070 g/mol. The van der Waals surface area contributed by atoms with Crippen LogP contribution in [0.2, 0.25) is 0 Å². The van der Waals surface area contributed by atoms with Gasteiger partial charge < -0.3 is 49.4 Å². The van der Waals surface area contributed by atoms with Gasteiger partial charge in [0, 0.05) is 23.5 Å². The molecule has 0 unspecified atom stereocenters. The Morgan fingerprint density at radius 2 is 0.671 bits per heavy atom. The van der Waals surface area contributed by atoms with E-state index in [4.69, 9.17) is 49.4 Å². The number of esters is 4. The third kappa shape index (κ3) is 21.4. The van der Waals surface area contributed by atoms with Gasteiger partial charge >= 0.3 is 23.9 Å². The molecule has 79 heavy (non-hydrogen) atoms. The Morgan fingerprint density at radius 3 is 1.00 bits per heavy atom. The number of hydrogen-bond acceptors (Lipinski definition) is 14. The molecule has 0 saturated carbocycles. The Labute approximate surface area is 464 Å². The molecule has 14 heteroatoms. The van der Waals surface area contributed by atoms with Crippen molar-refractivity contribution in [1.29, 1.82) is 0 Å². The summed E-state index contributed by atoms with van der Waals surface area (Å²) in [5.74, 6) is 1.17. The van der Waals surface area contributed by atoms with E-state index in [0.717, 1.165) is 61.2 Å². The number of carbonyl (C=O) groups excluding carboxylic acids is 4. The number of rotatable bonds is 34. The highest BCUT2D eigenvalue weighted by molar-refractivity contribution is 6.01. The van der Waals surface area contributed by atoms with Crippen LogP contribution in [-0.4, -0.2) is 63.5 Å². The molecule has 6 aromatic carbocycles. The minimum absolute atomic E-state index is 0.00610. The summed E-state index contributed by atoms with van der Waals surface area (Å²) < 4.78 is 46.1. The average Bonchev–Trinajstić information content (AvgIpc) is 3.55. The lowest BCUT2D eigenvalue weighted by molar-refractivity contribution is -0.173.